The molecule has 27 heavy (non-hydrogen) atoms. The molecule has 0 bridgehead atoms. The highest BCUT2D eigenvalue weighted by Gasteiger charge is 2.30. The fourth-order valence-electron chi connectivity index (χ4n) is 3.10. The summed E-state index contributed by atoms with van der Waals surface area (Å²) >= 11 is 0. The highest BCUT2D eigenvalue weighted by molar-refractivity contribution is 5.94. The van der Waals surface area contributed by atoms with Gasteiger partial charge in [0.1, 0.15) is 0 Å². The lowest BCUT2D eigenvalue weighted by molar-refractivity contribution is 0.0919. The first-order valence-corrected chi connectivity index (χ1v) is 7.98. The summed E-state index contributed by atoms with van der Waals surface area (Å²) in [6.07, 6.45) is 0.524. The molecular weight excluding hydrogens is 391 g/mol. The molecule has 2 aromatic carbocycles. The van der Waals surface area contributed by atoms with E-state index in [1.54, 1.807) is 0 Å². The molecule has 2 aromatic rings. The summed E-state index contributed by atoms with van der Waals surface area (Å²) in [4.78, 5) is 12.3. The number of hydrogen-bond donors (Lipinski definition) is 2. The van der Waals surface area contributed by atoms with Gasteiger partial charge in [0.25, 0.3) is 5.91 Å². The van der Waals surface area contributed by atoms with E-state index in [2.05, 4.69) is 10.6 Å². The average molecular weight is 407 g/mol. The Bertz CT molecular complexity index is 849. The van der Waals surface area contributed by atoms with Gasteiger partial charge < -0.3 is 10.6 Å². The van der Waals surface area contributed by atoms with Crippen molar-refractivity contribution in [2.24, 2.45) is 0 Å². The Balaban J connectivity index is 0.00000261. The van der Waals surface area contributed by atoms with Gasteiger partial charge in [0.15, 0.2) is 29.1 Å². The van der Waals surface area contributed by atoms with Crippen molar-refractivity contribution in [1.29, 1.82) is 0 Å². The molecule has 0 radical (unpaired) electrons. The predicted molar refractivity (Wildman–Crippen MR) is 91.4 cm³/mol. The maximum absolute atomic E-state index is 13.8. The van der Waals surface area contributed by atoms with Crippen LogP contribution in [0, 0.1) is 29.1 Å². The quantitative estimate of drug-likeness (QED) is 0.603. The van der Waals surface area contributed by atoms with Crippen LogP contribution in [0.4, 0.5) is 22.0 Å². The topological polar surface area (TPSA) is 41.1 Å². The fourth-order valence-corrected chi connectivity index (χ4v) is 3.10. The monoisotopic (exact) mass is 406 g/mol. The summed E-state index contributed by atoms with van der Waals surface area (Å²) < 4.78 is 66.8. The van der Waals surface area contributed by atoms with E-state index in [0.29, 0.717) is 31.1 Å². The lowest BCUT2D eigenvalue weighted by atomic mass is 9.85. The Morgan fingerprint density at radius 1 is 0.963 bits per heavy atom. The first-order chi connectivity index (χ1) is 12.4. The first kappa shape index (κ1) is 21.1. The van der Waals surface area contributed by atoms with Crippen LogP contribution >= 0.6 is 12.4 Å². The van der Waals surface area contributed by atoms with Crippen LogP contribution in [-0.2, 0) is 0 Å². The molecule has 0 aliphatic carbocycles. The fraction of sp³-hybridized carbons (Fsp3) is 0.278. The number of carbonyl (C=O) groups excluding carboxylic acids is 1. The van der Waals surface area contributed by atoms with Gasteiger partial charge in [0.2, 0.25) is 0 Å². The lowest BCUT2D eigenvalue weighted by Crippen LogP contribution is -2.50. The molecule has 0 spiro atoms. The maximum atomic E-state index is 13.8. The molecule has 0 aromatic heterocycles. The molecule has 9 heteroatoms. The molecule has 1 saturated heterocycles. The van der Waals surface area contributed by atoms with E-state index in [1.165, 1.54) is 6.07 Å². The molecule has 3 nitrogen and oxygen atoms in total. The SMILES string of the molecule is Cl.O=C(NC1CNCCC1c1ccc(F)c(F)c1)c1ccc(F)c(F)c1F. The number of rotatable bonds is 3. The minimum atomic E-state index is -1.73. The molecular formula is C18H16ClF5N2O. The number of piperidine rings is 1. The molecule has 2 atom stereocenters. The first-order valence-electron chi connectivity index (χ1n) is 7.98. The molecule has 1 aliphatic heterocycles. The molecule has 146 valence electrons. The van der Waals surface area contributed by atoms with Crippen LogP contribution in [0.5, 0.6) is 0 Å². The largest absolute Gasteiger partial charge is 0.347 e. The zero-order chi connectivity index (χ0) is 18.8. The number of hydrogen-bond acceptors (Lipinski definition) is 2. The van der Waals surface area contributed by atoms with Gasteiger partial charge in [-0.05, 0) is 42.8 Å². The van der Waals surface area contributed by atoms with Gasteiger partial charge in [0.05, 0.1) is 5.56 Å². The Labute approximate surface area is 158 Å². The minimum Gasteiger partial charge on any atom is -0.347 e. The third-order valence-corrected chi connectivity index (χ3v) is 4.45. The van der Waals surface area contributed by atoms with Crippen molar-refractivity contribution in [2.45, 2.75) is 18.4 Å². The van der Waals surface area contributed by atoms with Gasteiger partial charge in [-0.2, -0.15) is 0 Å². The molecule has 3 rings (SSSR count). The van der Waals surface area contributed by atoms with Gasteiger partial charge >= 0.3 is 0 Å². The zero-order valence-electron chi connectivity index (χ0n) is 13.9. The summed E-state index contributed by atoms with van der Waals surface area (Å²) in [6.45, 7) is 0.899. The average Bonchev–Trinajstić information content (AvgIpc) is 2.62. The molecule has 0 saturated carbocycles. The molecule has 2 N–H and O–H groups in total. The number of benzene rings is 2. The predicted octanol–water partition coefficient (Wildman–Crippen LogP) is 3.68. The van der Waals surface area contributed by atoms with Crippen LogP contribution < -0.4 is 10.6 Å². The second kappa shape index (κ2) is 8.67. The van der Waals surface area contributed by atoms with Crippen LogP contribution in [0.2, 0.25) is 0 Å². The van der Waals surface area contributed by atoms with Crippen molar-refractivity contribution in [2.75, 3.05) is 13.1 Å². The van der Waals surface area contributed by atoms with E-state index in [1.807, 2.05) is 0 Å². The molecule has 1 amide bonds. The number of amides is 1. The summed E-state index contributed by atoms with van der Waals surface area (Å²) in [5.41, 5.74) is -0.139. The second-order valence-corrected chi connectivity index (χ2v) is 6.08. The molecule has 1 aliphatic rings. The number of nitrogens with one attached hydrogen (secondary N) is 2. The summed E-state index contributed by atoms with van der Waals surface area (Å²) in [6, 6.07) is 4.44. The molecule has 1 fully saturated rings. The van der Waals surface area contributed by atoms with Gasteiger partial charge in [-0.25, -0.2) is 22.0 Å². The van der Waals surface area contributed by atoms with Crippen molar-refractivity contribution >= 4 is 18.3 Å². The molecule has 2 unspecified atom stereocenters. The van der Waals surface area contributed by atoms with E-state index in [4.69, 9.17) is 0 Å². The van der Waals surface area contributed by atoms with Crippen LogP contribution in [-0.4, -0.2) is 25.0 Å². The maximum Gasteiger partial charge on any atom is 0.254 e. The highest BCUT2D eigenvalue weighted by atomic mass is 35.5. The highest BCUT2D eigenvalue weighted by Crippen LogP contribution is 2.27. The van der Waals surface area contributed by atoms with Gasteiger partial charge in [-0.1, -0.05) is 6.07 Å². The van der Waals surface area contributed by atoms with Gasteiger partial charge in [-0.15, -0.1) is 12.4 Å². The van der Waals surface area contributed by atoms with Crippen LogP contribution in [0.3, 0.4) is 0 Å². The Hall–Kier alpha value is -2.19. The number of carbonyl (C=O) groups is 1. The van der Waals surface area contributed by atoms with E-state index < -0.39 is 46.6 Å². The zero-order valence-corrected chi connectivity index (χ0v) is 14.7. The Morgan fingerprint density at radius 2 is 1.67 bits per heavy atom. The van der Waals surface area contributed by atoms with Crippen LogP contribution in [0.25, 0.3) is 0 Å². The van der Waals surface area contributed by atoms with E-state index >= 15 is 0 Å². The smallest absolute Gasteiger partial charge is 0.254 e. The summed E-state index contributed by atoms with van der Waals surface area (Å²) in [7, 11) is 0. The van der Waals surface area contributed by atoms with Crippen LogP contribution in [0.1, 0.15) is 28.3 Å². The second-order valence-electron chi connectivity index (χ2n) is 6.08. The Kier molecular flexibility index (Phi) is 6.78. The third-order valence-electron chi connectivity index (χ3n) is 4.45. The van der Waals surface area contributed by atoms with Crippen LogP contribution in [0.15, 0.2) is 30.3 Å². The lowest BCUT2D eigenvalue weighted by Gasteiger charge is -2.33. The van der Waals surface area contributed by atoms with Crippen molar-refractivity contribution in [1.82, 2.24) is 10.6 Å². The van der Waals surface area contributed by atoms with Crippen molar-refractivity contribution in [3.8, 4) is 0 Å². The van der Waals surface area contributed by atoms with E-state index in [-0.39, 0.29) is 18.3 Å². The van der Waals surface area contributed by atoms with Gasteiger partial charge in [-0.3, -0.25) is 4.79 Å². The third kappa shape index (κ3) is 4.39. The molecule has 1 heterocycles. The summed E-state index contributed by atoms with van der Waals surface area (Å²) in [5.74, 6) is -7.93. The van der Waals surface area contributed by atoms with Crippen molar-refractivity contribution < 1.29 is 26.7 Å². The van der Waals surface area contributed by atoms with Crippen molar-refractivity contribution in [3.05, 3.63) is 70.5 Å². The summed E-state index contributed by atoms with van der Waals surface area (Å²) in [5, 5.41) is 5.60. The van der Waals surface area contributed by atoms with E-state index in [9.17, 15) is 26.7 Å². The van der Waals surface area contributed by atoms with Crippen molar-refractivity contribution in [3.63, 3.8) is 0 Å². The van der Waals surface area contributed by atoms with E-state index in [0.717, 1.165) is 18.2 Å². The number of halogens is 6. The normalized spacial score (nSPS) is 19.3. The standard InChI is InChI=1S/C18H15F5N2O.ClH/c19-12-3-1-9(7-14(12)21)10-5-6-24-8-15(10)25-18(26)11-2-4-13(20)17(23)16(11)22;/h1-4,7,10,15,24H,5-6,8H2,(H,25,26);1H. The Morgan fingerprint density at radius 3 is 2.37 bits per heavy atom. The minimum absolute atomic E-state index is 0. The van der Waals surface area contributed by atoms with Gasteiger partial charge in [0, 0.05) is 18.5 Å².